The van der Waals surface area contributed by atoms with Crippen LogP contribution in [0.15, 0.2) is 30.3 Å². The SMILES string of the molecule is O=C(O)[C@H]1O[C@@H](O)[C@H](OCc2ccccc2)[C@@H](O)[C@@H]1O. The Morgan fingerprint density at radius 2 is 1.80 bits per heavy atom. The Kier molecular flexibility index (Phi) is 4.69. The van der Waals surface area contributed by atoms with Crippen LogP contribution >= 0.6 is 0 Å². The van der Waals surface area contributed by atoms with E-state index in [1.54, 1.807) is 24.3 Å². The number of rotatable bonds is 4. The molecule has 1 aromatic rings. The van der Waals surface area contributed by atoms with E-state index in [0.717, 1.165) is 5.56 Å². The van der Waals surface area contributed by atoms with Crippen LogP contribution in [0.25, 0.3) is 0 Å². The standard InChI is InChI=1S/C13H16O7/c14-8-9(15)11(13(18)20-10(8)12(16)17)19-6-7-4-2-1-3-5-7/h1-5,8-11,13-15,18H,6H2,(H,16,17)/t8-,9-,10-,11+,13+/m0/s1. The quantitative estimate of drug-likeness (QED) is 0.566. The van der Waals surface area contributed by atoms with Gasteiger partial charge in [0.05, 0.1) is 6.61 Å². The highest BCUT2D eigenvalue weighted by Gasteiger charge is 2.47. The molecule has 110 valence electrons. The molecular weight excluding hydrogens is 268 g/mol. The molecule has 1 aromatic carbocycles. The van der Waals surface area contributed by atoms with E-state index < -0.39 is 36.7 Å². The van der Waals surface area contributed by atoms with Gasteiger partial charge in [-0.2, -0.15) is 0 Å². The summed E-state index contributed by atoms with van der Waals surface area (Å²) in [5, 5.41) is 37.9. The summed E-state index contributed by atoms with van der Waals surface area (Å²) in [7, 11) is 0. The molecule has 0 bridgehead atoms. The predicted octanol–water partition coefficient (Wildman–Crippen LogP) is -0.905. The first kappa shape index (κ1) is 14.9. The number of aliphatic hydroxyl groups is 3. The minimum absolute atomic E-state index is 0.0907. The van der Waals surface area contributed by atoms with Crippen LogP contribution in [0.5, 0.6) is 0 Å². The Hall–Kier alpha value is -1.51. The second-order valence-electron chi connectivity index (χ2n) is 4.53. The summed E-state index contributed by atoms with van der Waals surface area (Å²) in [6, 6.07) is 9.02. The number of ether oxygens (including phenoxy) is 2. The number of carboxylic acid groups (broad SMARTS) is 1. The van der Waals surface area contributed by atoms with E-state index in [1.165, 1.54) is 0 Å². The van der Waals surface area contributed by atoms with Gasteiger partial charge in [0, 0.05) is 0 Å². The van der Waals surface area contributed by atoms with E-state index in [2.05, 4.69) is 0 Å². The van der Waals surface area contributed by atoms with Crippen LogP contribution in [0.4, 0.5) is 0 Å². The molecule has 0 saturated carbocycles. The molecule has 0 aromatic heterocycles. The minimum Gasteiger partial charge on any atom is -0.479 e. The van der Waals surface area contributed by atoms with Crippen LogP contribution in [0.2, 0.25) is 0 Å². The Bertz CT molecular complexity index is 449. The molecule has 5 atom stereocenters. The van der Waals surface area contributed by atoms with Crippen LogP contribution in [-0.2, 0) is 20.9 Å². The highest BCUT2D eigenvalue weighted by Crippen LogP contribution is 2.23. The van der Waals surface area contributed by atoms with Gasteiger partial charge in [0.2, 0.25) is 0 Å². The predicted molar refractivity (Wildman–Crippen MR) is 65.5 cm³/mol. The minimum atomic E-state index is -1.68. The van der Waals surface area contributed by atoms with Crippen molar-refractivity contribution in [2.45, 2.75) is 37.3 Å². The van der Waals surface area contributed by atoms with Gasteiger partial charge in [-0.05, 0) is 5.56 Å². The average molecular weight is 284 g/mol. The number of aliphatic hydroxyl groups excluding tert-OH is 3. The number of aliphatic carboxylic acids is 1. The number of carbonyl (C=O) groups is 1. The van der Waals surface area contributed by atoms with Crippen molar-refractivity contribution in [3.63, 3.8) is 0 Å². The van der Waals surface area contributed by atoms with E-state index in [0.29, 0.717) is 0 Å². The third-order valence-electron chi connectivity index (χ3n) is 3.09. The third-order valence-corrected chi connectivity index (χ3v) is 3.09. The molecule has 4 N–H and O–H groups in total. The summed E-state index contributed by atoms with van der Waals surface area (Å²) in [6.07, 6.45) is -7.75. The summed E-state index contributed by atoms with van der Waals surface area (Å²) in [4.78, 5) is 10.8. The monoisotopic (exact) mass is 284 g/mol. The molecule has 0 amide bonds. The molecular formula is C13H16O7. The number of carboxylic acids is 1. The maximum absolute atomic E-state index is 10.8. The van der Waals surface area contributed by atoms with Crippen molar-refractivity contribution in [1.82, 2.24) is 0 Å². The molecule has 20 heavy (non-hydrogen) atoms. The molecule has 1 fully saturated rings. The van der Waals surface area contributed by atoms with Crippen LogP contribution in [0.3, 0.4) is 0 Å². The molecule has 0 spiro atoms. The largest absolute Gasteiger partial charge is 0.479 e. The first-order valence-electron chi connectivity index (χ1n) is 6.08. The molecule has 7 heteroatoms. The first-order valence-corrected chi connectivity index (χ1v) is 6.08. The van der Waals surface area contributed by atoms with Gasteiger partial charge in [-0.25, -0.2) is 4.79 Å². The highest BCUT2D eigenvalue weighted by atomic mass is 16.7. The Morgan fingerprint density at radius 1 is 1.15 bits per heavy atom. The van der Waals surface area contributed by atoms with Crippen molar-refractivity contribution < 1.29 is 34.7 Å². The van der Waals surface area contributed by atoms with Gasteiger partial charge in [0.25, 0.3) is 0 Å². The third kappa shape index (κ3) is 3.14. The summed E-state index contributed by atoms with van der Waals surface area (Å²) >= 11 is 0. The maximum atomic E-state index is 10.8. The molecule has 1 saturated heterocycles. The van der Waals surface area contributed by atoms with Crippen molar-refractivity contribution in [2.24, 2.45) is 0 Å². The normalized spacial score (nSPS) is 33.9. The molecule has 2 rings (SSSR count). The molecule has 1 aliphatic rings. The van der Waals surface area contributed by atoms with Gasteiger partial charge in [-0.1, -0.05) is 30.3 Å². The number of hydrogen-bond donors (Lipinski definition) is 4. The second kappa shape index (κ2) is 6.29. The molecule has 1 heterocycles. The Balaban J connectivity index is 2.00. The zero-order valence-corrected chi connectivity index (χ0v) is 10.5. The van der Waals surface area contributed by atoms with Gasteiger partial charge in [0.15, 0.2) is 12.4 Å². The summed E-state index contributed by atoms with van der Waals surface area (Å²) in [5.41, 5.74) is 0.807. The maximum Gasteiger partial charge on any atom is 0.335 e. The fraction of sp³-hybridized carbons (Fsp3) is 0.462. The molecule has 0 aliphatic carbocycles. The zero-order chi connectivity index (χ0) is 14.7. The number of benzene rings is 1. The fourth-order valence-electron chi connectivity index (χ4n) is 2.00. The van der Waals surface area contributed by atoms with E-state index in [9.17, 15) is 20.1 Å². The van der Waals surface area contributed by atoms with Crippen LogP contribution in [0.1, 0.15) is 5.56 Å². The van der Waals surface area contributed by atoms with E-state index in [4.69, 9.17) is 14.6 Å². The smallest absolute Gasteiger partial charge is 0.335 e. The number of hydrogen-bond acceptors (Lipinski definition) is 6. The van der Waals surface area contributed by atoms with Crippen LogP contribution in [-0.4, -0.2) is 57.1 Å². The van der Waals surface area contributed by atoms with Gasteiger partial charge >= 0.3 is 5.97 Å². The summed E-state index contributed by atoms with van der Waals surface area (Å²) < 4.78 is 10.1. The summed E-state index contributed by atoms with van der Waals surface area (Å²) in [6.45, 7) is 0.0907. The second-order valence-corrected chi connectivity index (χ2v) is 4.53. The van der Waals surface area contributed by atoms with Crippen molar-refractivity contribution in [3.05, 3.63) is 35.9 Å². The molecule has 0 unspecified atom stereocenters. The first-order chi connectivity index (χ1) is 9.50. The zero-order valence-electron chi connectivity index (χ0n) is 10.5. The van der Waals surface area contributed by atoms with Crippen molar-refractivity contribution in [2.75, 3.05) is 0 Å². The van der Waals surface area contributed by atoms with Crippen molar-refractivity contribution in [3.8, 4) is 0 Å². The fourth-order valence-corrected chi connectivity index (χ4v) is 2.00. The van der Waals surface area contributed by atoms with Crippen LogP contribution < -0.4 is 0 Å². The Morgan fingerprint density at radius 3 is 2.40 bits per heavy atom. The Labute approximate surface area is 115 Å². The average Bonchev–Trinajstić information content (AvgIpc) is 2.43. The lowest BCUT2D eigenvalue weighted by atomic mass is 9.99. The molecule has 1 aliphatic heterocycles. The van der Waals surface area contributed by atoms with Gasteiger partial charge in [-0.3, -0.25) is 0 Å². The molecule has 7 nitrogen and oxygen atoms in total. The summed E-state index contributed by atoms with van der Waals surface area (Å²) in [5.74, 6) is -1.46. The van der Waals surface area contributed by atoms with E-state index in [1.807, 2.05) is 6.07 Å². The topological polar surface area (TPSA) is 116 Å². The highest BCUT2D eigenvalue weighted by molar-refractivity contribution is 5.73. The molecule has 0 radical (unpaired) electrons. The van der Waals surface area contributed by atoms with Gasteiger partial charge < -0.3 is 29.9 Å². The van der Waals surface area contributed by atoms with Gasteiger partial charge in [-0.15, -0.1) is 0 Å². The van der Waals surface area contributed by atoms with Crippen molar-refractivity contribution in [1.29, 1.82) is 0 Å². The van der Waals surface area contributed by atoms with E-state index >= 15 is 0 Å². The van der Waals surface area contributed by atoms with Crippen LogP contribution in [0, 0.1) is 0 Å². The lowest BCUT2D eigenvalue weighted by Crippen LogP contribution is -2.60. The lowest BCUT2D eigenvalue weighted by molar-refractivity contribution is -0.291. The van der Waals surface area contributed by atoms with Crippen molar-refractivity contribution >= 4 is 5.97 Å². The van der Waals surface area contributed by atoms with E-state index in [-0.39, 0.29) is 6.61 Å². The lowest BCUT2D eigenvalue weighted by Gasteiger charge is -2.38. The van der Waals surface area contributed by atoms with Gasteiger partial charge in [0.1, 0.15) is 18.3 Å².